The third kappa shape index (κ3) is 7.01. The maximum absolute atomic E-state index is 13.7. The maximum Gasteiger partial charge on any atom is 0.412 e. The van der Waals surface area contributed by atoms with Gasteiger partial charge in [-0.15, -0.1) is 0 Å². The first kappa shape index (κ1) is 32.5. The van der Waals surface area contributed by atoms with Gasteiger partial charge >= 0.3 is 12.2 Å². The predicted octanol–water partition coefficient (Wildman–Crippen LogP) is 7.46. The van der Waals surface area contributed by atoms with E-state index in [0.29, 0.717) is 18.1 Å². The van der Waals surface area contributed by atoms with Crippen LogP contribution in [0.2, 0.25) is 0 Å². The van der Waals surface area contributed by atoms with Crippen LogP contribution in [0.5, 0.6) is 0 Å². The molecular weight excluding hydrogens is 582 g/mol. The summed E-state index contributed by atoms with van der Waals surface area (Å²) >= 11 is 0. The minimum atomic E-state index is -0.696. The van der Waals surface area contributed by atoms with Crippen LogP contribution in [-0.2, 0) is 19.8 Å². The summed E-state index contributed by atoms with van der Waals surface area (Å²) < 4.78 is 10.1. The molecule has 1 aliphatic heterocycles. The van der Waals surface area contributed by atoms with E-state index in [4.69, 9.17) is 14.5 Å². The number of rotatable bonds is 7. The van der Waals surface area contributed by atoms with Crippen LogP contribution in [0.15, 0.2) is 66.9 Å². The SMILES string of the molecule is COC(=O)NC(C(=O)N1CCCC1(C)c1ncc(-c2ccc(-c3ccc4cc(NC(=O)OC(C)(C)C)ccc4c3)cc2)[nH]1)C(C)C. The standard InChI is InChI=1S/C36H43N5O5/c1-22(2)30(40-33(43)45-7)31(42)41-18-8-17-36(41,6)32-37-21-29(39-32)24-11-9-23(10-12-24)25-13-14-27-20-28(16-15-26(27)19-25)38-34(44)46-35(3,4)5/h9-16,19-22,30H,8,17-18H2,1-7H3,(H,37,39)(H,38,44)(H,40,43). The Bertz CT molecular complexity index is 1740. The van der Waals surface area contributed by atoms with Crippen molar-refractivity contribution in [2.24, 2.45) is 5.92 Å². The van der Waals surface area contributed by atoms with Gasteiger partial charge in [0, 0.05) is 12.2 Å². The number of carbonyl (C=O) groups excluding carboxylic acids is 3. The summed E-state index contributed by atoms with van der Waals surface area (Å²) in [7, 11) is 1.29. The van der Waals surface area contributed by atoms with Gasteiger partial charge in [-0.05, 0) is 92.1 Å². The van der Waals surface area contributed by atoms with Gasteiger partial charge in [-0.1, -0.05) is 56.3 Å². The number of carbonyl (C=O) groups is 3. The summed E-state index contributed by atoms with van der Waals surface area (Å²) in [6, 6.07) is 19.6. The van der Waals surface area contributed by atoms with Crippen LogP contribution in [0.1, 0.15) is 60.2 Å². The Morgan fingerprint density at radius 3 is 2.26 bits per heavy atom. The molecule has 0 radical (unpaired) electrons. The van der Waals surface area contributed by atoms with Crippen LogP contribution in [0.3, 0.4) is 0 Å². The van der Waals surface area contributed by atoms with E-state index in [1.165, 1.54) is 7.11 Å². The number of ether oxygens (including phenoxy) is 2. The summed E-state index contributed by atoms with van der Waals surface area (Å²) in [5.74, 6) is 0.463. The first-order chi connectivity index (χ1) is 21.8. The van der Waals surface area contributed by atoms with E-state index in [1.807, 2.05) is 76.9 Å². The van der Waals surface area contributed by atoms with Gasteiger partial charge in [0.05, 0.1) is 24.5 Å². The van der Waals surface area contributed by atoms with E-state index in [9.17, 15) is 14.4 Å². The van der Waals surface area contributed by atoms with Gasteiger partial charge in [-0.2, -0.15) is 0 Å². The highest BCUT2D eigenvalue weighted by atomic mass is 16.6. The van der Waals surface area contributed by atoms with Gasteiger partial charge < -0.3 is 24.7 Å². The zero-order valence-electron chi connectivity index (χ0n) is 27.6. The number of likely N-dealkylation sites (tertiary alicyclic amines) is 1. The number of fused-ring (bicyclic) bond motifs is 1. The van der Waals surface area contributed by atoms with E-state index < -0.39 is 29.4 Å². The number of nitrogens with zero attached hydrogens (tertiary/aromatic N) is 2. The molecule has 10 nitrogen and oxygen atoms in total. The molecule has 1 aromatic heterocycles. The van der Waals surface area contributed by atoms with Crippen LogP contribution in [0.4, 0.5) is 15.3 Å². The smallest absolute Gasteiger partial charge is 0.412 e. The Labute approximate surface area is 269 Å². The molecular formula is C36H43N5O5. The number of aromatic nitrogens is 2. The van der Waals surface area contributed by atoms with Crippen molar-refractivity contribution < 1.29 is 23.9 Å². The first-order valence-corrected chi connectivity index (χ1v) is 15.6. The van der Waals surface area contributed by atoms with Gasteiger partial charge in [-0.25, -0.2) is 14.6 Å². The van der Waals surface area contributed by atoms with Crippen molar-refractivity contribution in [3.8, 4) is 22.4 Å². The minimum Gasteiger partial charge on any atom is -0.453 e. The Morgan fingerprint density at radius 1 is 0.935 bits per heavy atom. The van der Waals surface area contributed by atoms with Crippen LogP contribution in [0.25, 0.3) is 33.2 Å². The average molecular weight is 626 g/mol. The number of benzene rings is 3. The van der Waals surface area contributed by atoms with Crippen LogP contribution < -0.4 is 10.6 Å². The molecule has 242 valence electrons. The molecule has 10 heteroatoms. The van der Waals surface area contributed by atoms with E-state index in [1.54, 1.807) is 0 Å². The second kappa shape index (κ2) is 12.9. The van der Waals surface area contributed by atoms with Crippen molar-refractivity contribution in [1.29, 1.82) is 0 Å². The number of alkyl carbamates (subject to hydrolysis) is 1. The van der Waals surface area contributed by atoms with Gasteiger partial charge in [0.1, 0.15) is 17.5 Å². The summed E-state index contributed by atoms with van der Waals surface area (Å²) in [5, 5.41) is 7.57. The molecule has 3 aromatic carbocycles. The maximum atomic E-state index is 13.7. The number of anilines is 1. The number of hydrogen-bond donors (Lipinski definition) is 3. The van der Waals surface area contributed by atoms with E-state index in [2.05, 4.69) is 52.0 Å². The van der Waals surface area contributed by atoms with Gasteiger partial charge in [0.25, 0.3) is 0 Å². The molecule has 0 spiro atoms. The second-order valence-electron chi connectivity index (χ2n) is 13.4. The number of nitrogens with one attached hydrogen (secondary N) is 3. The van der Waals surface area contributed by atoms with Crippen molar-refractivity contribution in [2.75, 3.05) is 19.0 Å². The Hall–Kier alpha value is -4.86. The van der Waals surface area contributed by atoms with E-state index in [0.717, 1.165) is 46.0 Å². The zero-order chi connectivity index (χ0) is 33.2. The van der Waals surface area contributed by atoms with Crippen molar-refractivity contribution in [3.05, 3.63) is 72.7 Å². The number of imidazole rings is 1. The molecule has 2 atom stereocenters. The quantitative estimate of drug-likeness (QED) is 0.196. The second-order valence-corrected chi connectivity index (χ2v) is 13.4. The largest absolute Gasteiger partial charge is 0.453 e. The number of methoxy groups -OCH3 is 1. The first-order valence-electron chi connectivity index (χ1n) is 15.6. The molecule has 1 fully saturated rings. The van der Waals surface area contributed by atoms with Crippen LogP contribution in [0, 0.1) is 5.92 Å². The lowest BCUT2D eigenvalue weighted by molar-refractivity contribution is -0.138. The fourth-order valence-electron chi connectivity index (χ4n) is 5.94. The van der Waals surface area contributed by atoms with E-state index >= 15 is 0 Å². The Kier molecular flexibility index (Phi) is 9.10. The van der Waals surface area contributed by atoms with Crippen LogP contribution >= 0.6 is 0 Å². The molecule has 2 unspecified atom stereocenters. The molecule has 5 rings (SSSR count). The third-order valence-corrected chi connectivity index (χ3v) is 8.40. The highest BCUT2D eigenvalue weighted by Crippen LogP contribution is 2.39. The molecule has 4 aromatic rings. The summed E-state index contributed by atoms with van der Waals surface area (Å²) in [5.41, 5.74) is 3.46. The number of amides is 3. The minimum absolute atomic E-state index is 0.108. The molecule has 0 bridgehead atoms. The van der Waals surface area contributed by atoms with Gasteiger partial charge in [0.15, 0.2) is 0 Å². The highest BCUT2D eigenvalue weighted by Gasteiger charge is 2.46. The van der Waals surface area contributed by atoms with Crippen LogP contribution in [-0.4, -0.2) is 58.3 Å². The lowest BCUT2D eigenvalue weighted by Crippen LogP contribution is -2.55. The summed E-state index contributed by atoms with van der Waals surface area (Å²) in [6.45, 7) is 11.9. The Balaban J connectivity index is 1.31. The zero-order valence-corrected chi connectivity index (χ0v) is 27.6. The molecule has 0 saturated carbocycles. The van der Waals surface area contributed by atoms with Crippen molar-refractivity contribution in [3.63, 3.8) is 0 Å². The Morgan fingerprint density at radius 2 is 1.59 bits per heavy atom. The molecule has 1 saturated heterocycles. The average Bonchev–Trinajstić information content (AvgIpc) is 3.66. The normalized spacial score (nSPS) is 17.2. The van der Waals surface area contributed by atoms with Gasteiger partial charge in [-0.3, -0.25) is 10.1 Å². The number of hydrogen-bond acceptors (Lipinski definition) is 6. The molecule has 1 aliphatic rings. The summed E-state index contributed by atoms with van der Waals surface area (Å²) in [6.07, 6.45) is 2.30. The fraction of sp³-hybridized carbons (Fsp3) is 0.389. The molecule has 3 amide bonds. The van der Waals surface area contributed by atoms with Crippen molar-refractivity contribution in [1.82, 2.24) is 20.2 Å². The molecule has 3 N–H and O–H groups in total. The van der Waals surface area contributed by atoms with E-state index in [-0.39, 0.29) is 11.8 Å². The molecule has 2 heterocycles. The third-order valence-electron chi connectivity index (χ3n) is 8.40. The predicted molar refractivity (Wildman–Crippen MR) is 179 cm³/mol. The lowest BCUT2D eigenvalue weighted by Gasteiger charge is -2.37. The highest BCUT2D eigenvalue weighted by molar-refractivity contribution is 5.93. The van der Waals surface area contributed by atoms with Crippen molar-refractivity contribution in [2.45, 2.75) is 71.6 Å². The molecule has 46 heavy (non-hydrogen) atoms. The molecule has 0 aliphatic carbocycles. The fourth-order valence-corrected chi connectivity index (χ4v) is 5.94. The number of H-pyrrole nitrogens is 1. The number of aromatic amines is 1. The lowest BCUT2D eigenvalue weighted by atomic mass is 9.95. The summed E-state index contributed by atoms with van der Waals surface area (Å²) in [4.78, 5) is 47.8. The van der Waals surface area contributed by atoms with Crippen molar-refractivity contribution >= 4 is 34.6 Å². The monoisotopic (exact) mass is 625 g/mol. The topological polar surface area (TPSA) is 126 Å². The van der Waals surface area contributed by atoms with Gasteiger partial charge in [0.2, 0.25) is 5.91 Å².